The molecule has 1 aliphatic carbocycles. The maximum atomic E-state index is 12.4. The van der Waals surface area contributed by atoms with E-state index >= 15 is 0 Å². The second-order valence-electron chi connectivity index (χ2n) is 8.48. The summed E-state index contributed by atoms with van der Waals surface area (Å²) in [6.45, 7) is 0.822. The van der Waals surface area contributed by atoms with E-state index in [4.69, 9.17) is 5.10 Å². The Bertz CT molecular complexity index is 1420. The number of hydrazone groups is 1. The summed E-state index contributed by atoms with van der Waals surface area (Å²) in [7, 11) is 0. The van der Waals surface area contributed by atoms with Gasteiger partial charge in [0.25, 0.3) is 0 Å². The van der Waals surface area contributed by atoms with Crippen molar-refractivity contribution >= 4 is 22.4 Å². The molecule has 1 aromatic heterocycles. The van der Waals surface area contributed by atoms with Crippen molar-refractivity contribution in [1.82, 2.24) is 9.97 Å². The van der Waals surface area contributed by atoms with Crippen LogP contribution in [0.25, 0.3) is 22.2 Å². The number of alkyl halides is 3. The zero-order chi connectivity index (χ0) is 23.3. The first-order chi connectivity index (χ1) is 16.4. The molecule has 0 fully saturated rings. The first-order valence-corrected chi connectivity index (χ1v) is 11.0. The number of nitrogens with zero attached hydrogens (tertiary/aromatic N) is 4. The minimum absolute atomic E-state index is 0.225. The topological polar surface area (TPSA) is 50.6 Å². The summed E-state index contributed by atoms with van der Waals surface area (Å²) in [5, 5.41) is 6.99. The van der Waals surface area contributed by atoms with E-state index in [9.17, 15) is 13.2 Å². The lowest BCUT2D eigenvalue weighted by molar-refractivity contribution is -0.274. The smallest absolute Gasteiger partial charge is 0.406 e. The normalized spacial score (nSPS) is 17.3. The molecule has 0 amide bonds. The van der Waals surface area contributed by atoms with Crippen molar-refractivity contribution in [2.45, 2.75) is 19.2 Å². The molecule has 0 saturated heterocycles. The van der Waals surface area contributed by atoms with Gasteiger partial charge in [-0.05, 0) is 59.9 Å². The predicted molar refractivity (Wildman–Crippen MR) is 124 cm³/mol. The van der Waals surface area contributed by atoms with E-state index in [0.29, 0.717) is 5.92 Å². The Morgan fingerprint density at radius 3 is 2.41 bits per heavy atom. The summed E-state index contributed by atoms with van der Waals surface area (Å²) in [6.07, 6.45) is 0.603. The molecule has 3 aromatic carbocycles. The van der Waals surface area contributed by atoms with Gasteiger partial charge in [0.15, 0.2) is 0 Å². The highest BCUT2D eigenvalue weighted by molar-refractivity contribution is 6.07. The molecule has 8 heteroatoms. The zero-order valence-corrected chi connectivity index (χ0v) is 18.0. The number of anilines is 1. The van der Waals surface area contributed by atoms with Gasteiger partial charge < -0.3 is 4.74 Å². The van der Waals surface area contributed by atoms with Crippen molar-refractivity contribution in [3.8, 4) is 16.9 Å². The van der Waals surface area contributed by atoms with Crippen molar-refractivity contribution in [3.05, 3.63) is 84.2 Å². The number of halogens is 3. The van der Waals surface area contributed by atoms with Crippen molar-refractivity contribution in [3.63, 3.8) is 0 Å². The summed E-state index contributed by atoms with van der Waals surface area (Å²) >= 11 is 0. The fourth-order valence-electron chi connectivity index (χ4n) is 4.73. The van der Waals surface area contributed by atoms with Gasteiger partial charge in [0.1, 0.15) is 5.75 Å². The van der Waals surface area contributed by atoms with Gasteiger partial charge in [-0.2, -0.15) is 5.10 Å². The molecule has 0 spiro atoms. The number of ether oxygens (including phenoxy) is 1. The first kappa shape index (κ1) is 20.7. The lowest BCUT2D eigenvalue weighted by Crippen LogP contribution is -2.24. The van der Waals surface area contributed by atoms with Crippen LogP contribution in [-0.2, 0) is 6.42 Å². The Labute approximate surface area is 193 Å². The molecule has 1 unspecified atom stereocenters. The Kier molecular flexibility index (Phi) is 4.76. The van der Waals surface area contributed by atoms with Crippen LogP contribution in [0.5, 0.6) is 5.75 Å². The van der Waals surface area contributed by atoms with Crippen LogP contribution in [0.4, 0.5) is 18.9 Å². The molecule has 34 heavy (non-hydrogen) atoms. The van der Waals surface area contributed by atoms with Gasteiger partial charge in [-0.25, -0.2) is 0 Å². The molecule has 2 heterocycles. The number of aromatic nitrogens is 2. The van der Waals surface area contributed by atoms with Gasteiger partial charge in [0.2, 0.25) is 0 Å². The number of fused-ring (bicyclic) bond motifs is 4. The molecule has 0 bridgehead atoms. The molecule has 0 N–H and O–H groups in total. The van der Waals surface area contributed by atoms with E-state index in [1.165, 1.54) is 17.7 Å². The largest absolute Gasteiger partial charge is 0.573 e. The molecule has 1 aliphatic heterocycles. The third kappa shape index (κ3) is 3.85. The van der Waals surface area contributed by atoms with Crippen LogP contribution in [-0.4, -0.2) is 28.6 Å². The van der Waals surface area contributed by atoms with Crippen LogP contribution in [0, 0.1) is 5.92 Å². The molecule has 4 aromatic rings. The molecule has 1 atom stereocenters. The number of rotatable bonds is 3. The van der Waals surface area contributed by atoms with Gasteiger partial charge in [-0.15, -0.1) is 13.2 Å². The minimum Gasteiger partial charge on any atom is -0.406 e. The molecule has 6 rings (SSSR count). The van der Waals surface area contributed by atoms with E-state index in [1.807, 2.05) is 29.3 Å². The maximum Gasteiger partial charge on any atom is 0.573 e. The lowest BCUT2D eigenvalue weighted by Gasteiger charge is -2.22. The van der Waals surface area contributed by atoms with Crippen LogP contribution < -0.4 is 9.75 Å². The third-order valence-corrected chi connectivity index (χ3v) is 6.32. The standard InChI is InChI=1S/C26H19F3N4O/c27-26(28,29)34-21-7-3-16(4-8-21)17-5-9-22-18(13-17)1-2-19-15-33(32-25(19)22)20-6-10-23-24(14-20)31-12-11-30-23/h3-14,19H,1-2,15H2. The van der Waals surface area contributed by atoms with Crippen LogP contribution in [0.2, 0.25) is 0 Å². The quantitative estimate of drug-likeness (QED) is 0.377. The average molecular weight is 460 g/mol. The van der Waals surface area contributed by atoms with Gasteiger partial charge in [-0.1, -0.05) is 30.3 Å². The summed E-state index contributed by atoms with van der Waals surface area (Å²) in [5.41, 5.74) is 7.91. The van der Waals surface area contributed by atoms with Crippen molar-refractivity contribution in [2.75, 3.05) is 11.6 Å². The molecule has 5 nitrogen and oxygen atoms in total. The average Bonchev–Trinajstić information content (AvgIpc) is 3.28. The van der Waals surface area contributed by atoms with Gasteiger partial charge in [0.05, 0.1) is 29.0 Å². The van der Waals surface area contributed by atoms with Crippen LogP contribution in [0.15, 0.2) is 78.2 Å². The van der Waals surface area contributed by atoms with E-state index in [1.54, 1.807) is 24.5 Å². The highest BCUT2D eigenvalue weighted by atomic mass is 19.4. The summed E-state index contributed by atoms with van der Waals surface area (Å²) in [4.78, 5) is 8.73. The lowest BCUT2D eigenvalue weighted by atomic mass is 9.81. The Morgan fingerprint density at radius 1 is 0.853 bits per heavy atom. The highest BCUT2D eigenvalue weighted by Gasteiger charge is 2.33. The molecule has 0 radical (unpaired) electrons. The molecule has 0 saturated carbocycles. The molecular formula is C26H19F3N4O. The van der Waals surface area contributed by atoms with Gasteiger partial charge >= 0.3 is 6.36 Å². The fraction of sp³-hybridized carbons (Fsp3) is 0.192. The number of hydrogen-bond acceptors (Lipinski definition) is 5. The molecule has 170 valence electrons. The Hall–Kier alpha value is -3.94. The monoisotopic (exact) mass is 460 g/mol. The van der Waals surface area contributed by atoms with E-state index in [0.717, 1.165) is 58.5 Å². The third-order valence-electron chi connectivity index (χ3n) is 6.32. The number of hydrogen-bond donors (Lipinski definition) is 0. The molecule has 2 aliphatic rings. The Morgan fingerprint density at radius 2 is 1.62 bits per heavy atom. The highest BCUT2D eigenvalue weighted by Crippen LogP contribution is 2.36. The van der Waals surface area contributed by atoms with Crippen molar-refractivity contribution in [2.24, 2.45) is 11.0 Å². The Balaban J connectivity index is 1.28. The van der Waals surface area contributed by atoms with E-state index in [-0.39, 0.29) is 5.75 Å². The second-order valence-corrected chi connectivity index (χ2v) is 8.48. The minimum atomic E-state index is -4.69. The SMILES string of the molecule is FC(F)(F)Oc1ccc(-c2ccc3c(c2)CCC2CN(c4ccc5nccnc5c4)N=C32)cc1. The van der Waals surface area contributed by atoms with Crippen molar-refractivity contribution in [1.29, 1.82) is 0 Å². The number of aryl methyl sites for hydroxylation is 1. The fourth-order valence-corrected chi connectivity index (χ4v) is 4.73. The first-order valence-electron chi connectivity index (χ1n) is 11.0. The zero-order valence-electron chi connectivity index (χ0n) is 18.0. The summed E-state index contributed by atoms with van der Waals surface area (Å²) < 4.78 is 41.2. The summed E-state index contributed by atoms with van der Waals surface area (Å²) in [5.74, 6) is 0.131. The molecular weight excluding hydrogens is 441 g/mol. The maximum absolute atomic E-state index is 12.4. The van der Waals surface area contributed by atoms with E-state index < -0.39 is 6.36 Å². The van der Waals surface area contributed by atoms with Crippen molar-refractivity contribution < 1.29 is 17.9 Å². The van der Waals surface area contributed by atoms with Crippen LogP contribution >= 0.6 is 0 Å². The number of benzene rings is 3. The second kappa shape index (κ2) is 7.83. The van der Waals surface area contributed by atoms with E-state index in [2.05, 4.69) is 26.8 Å². The van der Waals surface area contributed by atoms with Crippen LogP contribution in [0.1, 0.15) is 17.5 Å². The van der Waals surface area contributed by atoms with Gasteiger partial charge in [-0.3, -0.25) is 15.0 Å². The van der Waals surface area contributed by atoms with Gasteiger partial charge in [0, 0.05) is 23.9 Å². The van der Waals surface area contributed by atoms with Crippen LogP contribution in [0.3, 0.4) is 0 Å². The predicted octanol–water partition coefficient (Wildman–Crippen LogP) is 5.98. The summed E-state index contributed by atoms with van der Waals surface area (Å²) in [6, 6.07) is 18.2.